The van der Waals surface area contributed by atoms with E-state index in [1.165, 1.54) is 0 Å². The summed E-state index contributed by atoms with van der Waals surface area (Å²) < 4.78 is 5.13. The van der Waals surface area contributed by atoms with Gasteiger partial charge in [-0.1, -0.05) is 48.5 Å². The van der Waals surface area contributed by atoms with Crippen molar-refractivity contribution in [3.05, 3.63) is 84.1 Å². The number of hydrogen-bond donors (Lipinski definition) is 1. The third-order valence-corrected chi connectivity index (χ3v) is 3.94. The summed E-state index contributed by atoms with van der Waals surface area (Å²) in [6.45, 7) is 0.451. The second-order valence-electron chi connectivity index (χ2n) is 5.68. The number of nitrogens with one attached hydrogen (secondary N) is 1. The molecule has 1 amide bonds. The lowest BCUT2D eigenvalue weighted by atomic mass is 10.1. The van der Waals surface area contributed by atoms with Crippen molar-refractivity contribution in [2.45, 2.75) is 13.0 Å². The fourth-order valence-electron chi connectivity index (χ4n) is 2.62. The maximum Gasteiger partial charge on any atom is 0.224 e. The number of benzene rings is 2. The van der Waals surface area contributed by atoms with Crippen molar-refractivity contribution in [3.63, 3.8) is 0 Å². The van der Waals surface area contributed by atoms with E-state index in [9.17, 15) is 4.79 Å². The molecule has 0 radical (unpaired) electrons. The van der Waals surface area contributed by atoms with Crippen LogP contribution >= 0.6 is 0 Å². The molecule has 126 valence electrons. The number of carbonyl (C=O) groups is 1. The Labute approximate surface area is 147 Å². The van der Waals surface area contributed by atoms with Gasteiger partial charge in [0.2, 0.25) is 5.91 Å². The first-order valence-corrected chi connectivity index (χ1v) is 8.15. The van der Waals surface area contributed by atoms with Crippen LogP contribution in [-0.4, -0.2) is 18.0 Å². The van der Waals surface area contributed by atoms with E-state index in [1.807, 2.05) is 66.7 Å². The normalized spacial score (nSPS) is 10.3. The van der Waals surface area contributed by atoms with Gasteiger partial charge in [0.1, 0.15) is 5.75 Å². The Morgan fingerprint density at radius 2 is 1.76 bits per heavy atom. The van der Waals surface area contributed by atoms with Crippen molar-refractivity contribution in [2.24, 2.45) is 0 Å². The fourth-order valence-corrected chi connectivity index (χ4v) is 2.62. The molecule has 0 saturated heterocycles. The molecule has 4 heteroatoms. The molecule has 2 aromatic carbocycles. The SMILES string of the molecule is COc1ccc(CC(=O)NCc2cccnc2-c2ccccc2)cc1. The summed E-state index contributed by atoms with van der Waals surface area (Å²) in [5.74, 6) is 0.764. The van der Waals surface area contributed by atoms with E-state index in [0.29, 0.717) is 13.0 Å². The van der Waals surface area contributed by atoms with Gasteiger partial charge in [0.05, 0.1) is 19.2 Å². The minimum Gasteiger partial charge on any atom is -0.497 e. The Bertz CT molecular complexity index is 830. The Morgan fingerprint density at radius 1 is 1.00 bits per heavy atom. The Hall–Kier alpha value is -3.14. The van der Waals surface area contributed by atoms with Gasteiger partial charge in [-0.15, -0.1) is 0 Å². The molecule has 1 N–H and O–H groups in total. The number of nitrogens with zero attached hydrogens (tertiary/aromatic N) is 1. The molecule has 1 heterocycles. The van der Waals surface area contributed by atoms with Crippen molar-refractivity contribution in [3.8, 4) is 17.0 Å². The van der Waals surface area contributed by atoms with Crippen LogP contribution in [0, 0.1) is 0 Å². The zero-order valence-corrected chi connectivity index (χ0v) is 14.1. The van der Waals surface area contributed by atoms with E-state index >= 15 is 0 Å². The molecule has 4 nitrogen and oxygen atoms in total. The van der Waals surface area contributed by atoms with Crippen LogP contribution in [0.25, 0.3) is 11.3 Å². The maximum atomic E-state index is 12.2. The predicted octanol–water partition coefficient (Wildman–Crippen LogP) is 3.62. The Balaban J connectivity index is 1.64. The number of amides is 1. The van der Waals surface area contributed by atoms with Gasteiger partial charge in [0.15, 0.2) is 0 Å². The minimum absolute atomic E-state index is 0.0203. The first-order valence-electron chi connectivity index (χ1n) is 8.15. The molecule has 0 unspecified atom stereocenters. The monoisotopic (exact) mass is 332 g/mol. The number of pyridine rings is 1. The molecule has 0 atom stereocenters. The first-order chi connectivity index (χ1) is 12.3. The maximum absolute atomic E-state index is 12.2. The van der Waals surface area contributed by atoms with Gasteiger partial charge in [-0.05, 0) is 29.3 Å². The zero-order chi connectivity index (χ0) is 17.5. The van der Waals surface area contributed by atoms with Crippen LogP contribution in [-0.2, 0) is 17.8 Å². The highest BCUT2D eigenvalue weighted by Crippen LogP contribution is 2.20. The van der Waals surface area contributed by atoms with Crippen LogP contribution in [0.5, 0.6) is 5.75 Å². The third-order valence-electron chi connectivity index (χ3n) is 3.94. The number of methoxy groups -OCH3 is 1. The minimum atomic E-state index is -0.0203. The van der Waals surface area contributed by atoms with E-state index in [4.69, 9.17) is 4.74 Å². The van der Waals surface area contributed by atoms with Gasteiger partial charge in [0, 0.05) is 18.3 Å². The summed E-state index contributed by atoms with van der Waals surface area (Å²) in [6, 6.07) is 21.4. The van der Waals surface area contributed by atoms with E-state index in [0.717, 1.165) is 28.1 Å². The highest BCUT2D eigenvalue weighted by Gasteiger charge is 2.08. The van der Waals surface area contributed by atoms with Gasteiger partial charge in [-0.3, -0.25) is 9.78 Å². The van der Waals surface area contributed by atoms with Crippen LogP contribution in [0.2, 0.25) is 0 Å². The lowest BCUT2D eigenvalue weighted by Crippen LogP contribution is -2.24. The van der Waals surface area contributed by atoms with Gasteiger partial charge in [0.25, 0.3) is 0 Å². The van der Waals surface area contributed by atoms with E-state index < -0.39 is 0 Å². The average molecular weight is 332 g/mol. The summed E-state index contributed by atoms with van der Waals surface area (Å²) in [5.41, 5.74) is 3.89. The summed E-state index contributed by atoms with van der Waals surface area (Å²) >= 11 is 0. The Kier molecular flexibility index (Phi) is 5.42. The molecule has 3 aromatic rings. The molecule has 0 aliphatic heterocycles. The summed E-state index contributed by atoms with van der Waals surface area (Å²) in [6.07, 6.45) is 2.11. The van der Waals surface area contributed by atoms with Crippen LogP contribution in [0.4, 0.5) is 0 Å². The van der Waals surface area contributed by atoms with Crippen molar-refractivity contribution in [1.82, 2.24) is 10.3 Å². The molecule has 0 bridgehead atoms. The predicted molar refractivity (Wildman–Crippen MR) is 98.2 cm³/mol. The van der Waals surface area contributed by atoms with Crippen molar-refractivity contribution in [2.75, 3.05) is 7.11 Å². The van der Waals surface area contributed by atoms with Crippen LogP contribution in [0.3, 0.4) is 0 Å². The van der Waals surface area contributed by atoms with E-state index in [2.05, 4.69) is 10.3 Å². The molecule has 0 fully saturated rings. The number of hydrogen-bond acceptors (Lipinski definition) is 3. The fraction of sp³-hybridized carbons (Fsp3) is 0.143. The van der Waals surface area contributed by atoms with Crippen molar-refractivity contribution in [1.29, 1.82) is 0 Å². The standard InChI is InChI=1S/C21H20N2O2/c1-25-19-11-9-16(10-12-19)14-20(24)23-15-18-8-5-13-22-21(18)17-6-3-2-4-7-17/h2-13H,14-15H2,1H3,(H,23,24). The molecule has 0 spiro atoms. The van der Waals surface area contributed by atoms with Gasteiger partial charge >= 0.3 is 0 Å². The number of rotatable bonds is 6. The summed E-state index contributed by atoms with van der Waals surface area (Å²) in [5, 5.41) is 2.98. The van der Waals surface area contributed by atoms with Gasteiger partial charge < -0.3 is 10.1 Å². The largest absolute Gasteiger partial charge is 0.497 e. The zero-order valence-electron chi connectivity index (χ0n) is 14.1. The summed E-state index contributed by atoms with van der Waals surface area (Å²) in [4.78, 5) is 16.7. The molecule has 3 rings (SSSR count). The van der Waals surface area contributed by atoms with E-state index in [1.54, 1.807) is 13.3 Å². The highest BCUT2D eigenvalue weighted by molar-refractivity contribution is 5.78. The second kappa shape index (κ2) is 8.11. The average Bonchev–Trinajstić information content (AvgIpc) is 2.68. The quantitative estimate of drug-likeness (QED) is 0.750. The lowest BCUT2D eigenvalue weighted by Gasteiger charge is -2.10. The van der Waals surface area contributed by atoms with Gasteiger partial charge in [-0.2, -0.15) is 0 Å². The van der Waals surface area contributed by atoms with Crippen LogP contribution < -0.4 is 10.1 Å². The smallest absolute Gasteiger partial charge is 0.224 e. The summed E-state index contributed by atoms with van der Waals surface area (Å²) in [7, 11) is 1.62. The molecule has 25 heavy (non-hydrogen) atoms. The van der Waals surface area contributed by atoms with E-state index in [-0.39, 0.29) is 5.91 Å². The molecule has 0 aliphatic carbocycles. The number of ether oxygens (including phenoxy) is 1. The van der Waals surface area contributed by atoms with Crippen molar-refractivity contribution >= 4 is 5.91 Å². The van der Waals surface area contributed by atoms with Crippen molar-refractivity contribution < 1.29 is 9.53 Å². The van der Waals surface area contributed by atoms with Crippen LogP contribution in [0.1, 0.15) is 11.1 Å². The molecule has 0 saturated carbocycles. The number of carbonyl (C=O) groups excluding carboxylic acids is 1. The third kappa shape index (κ3) is 4.44. The first kappa shape index (κ1) is 16.7. The highest BCUT2D eigenvalue weighted by atomic mass is 16.5. The molecule has 1 aromatic heterocycles. The van der Waals surface area contributed by atoms with Crippen LogP contribution in [0.15, 0.2) is 72.9 Å². The Morgan fingerprint density at radius 3 is 2.48 bits per heavy atom. The molecule has 0 aliphatic rings. The number of aromatic nitrogens is 1. The van der Waals surface area contributed by atoms with Gasteiger partial charge in [-0.25, -0.2) is 0 Å². The molecular formula is C21H20N2O2. The topological polar surface area (TPSA) is 51.2 Å². The molecular weight excluding hydrogens is 312 g/mol. The second-order valence-corrected chi connectivity index (χ2v) is 5.68. The lowest BCUT2D eigenvalue weighted by molar-refractivity contribution is -0.120.